The van der Waals surface area contributed by atoms with Crippen LogP contribution in [0.3, 0.4) is 0 Å². The van der Waals surface area contributed by atoms with Gasteiger partial charge in [-0.25, -0.2) is 14.4 Å². The maximum Gasteiger partial charge on any atom is 1.00 e. The van der Waals surface area contributed by atoms with E-state index < -0.39 is 29.1 Å². The molecule has 6 aliphatic rings. The molecule has 6 rings (SSSR count). The number of hydrogen-bond donors (Lipinski definition) is 3. The van der Waals surface area contributed by atoms with Gasteiger partial charge in [0, 0.05) is 79.4 Å². The van der Waals surface area contributed by atoms with Crippen molar-refractivity contribution in [3.63, 3.8) is 0 Å². The fourth-order valence-electron chi connectivity index (χ4n) is 8.44. The number of carbonyl (C=O) groups is 3. The van der Waals surface area contributed by atoms with E-state index in [2.05, 4.69) is 34.3 Å². The standard InChI is InChI=1S/C30H48O8.C18H32O6.C3H4O2/c1-9-27(15-33-25(31)23(7)21(3)4)17-35-29(36-18-27)11-13-30(14-12-29)37-19-28(10-2,20-38-30)16-34-26(32)24(8)22(5)6;1-3-15(9-19)11-21-17(22-12-15)5-7-18(8-6-17)23-13-16(4-2,10-20)14-24-18;1-2-3(4)5/h9-20H2,1-8H3;19-20H,3-14H2,1-2H3;2H,1H2,(H,4,5)/p+1. The first kappa shape index (κ1) is 56.8. The molecule has 16 heteroatoms. The van der Waals surface area contributed by atoms with E-state index in [1.165, 1.54) is 0 Å². The first-order chi connectivity index (χ1) is 31.6. The first-order valence-electron chi connectivity index (χ1n) is 24.4. The average Bonchev–Trinajstić information content (AvgIpc) is 3.36. The maximum atomic E-state index is 12.3. The Morgan fingerprint density at radius 2 is 0.687 bits per heavy atom. The monoisotopic (exact) mass is 954 g/mol. The van der Waals surface area contributed by atoms with Crippen molar-refractivity contribution in [1.29, 1.82) is 0 Å². The summed E-state index contributed by atoms with van der Waals surface area (Å²) in [4.78, 5) is 33.9. The summed E-state index contributed by atoms with van der Waals surface area (Å²) in [5, 5.41) is 26.8. The van der Waals surface area contributed by atoms with Crippen molar-refractivity contribution in [3.8, 4) is 0 Å². The Balaban J connectivity index is 0.000000348. The van der Waals surface area contributed by atoms with Gasteiger partial charge in [-0.1, -0.05) is 45.4 Å². The van der Waals surface area contributed by atoms with E-state index in [1.54, 1.807) is 13.8 Å². The molecule has 6 fully saturated rings. The van der Waals surface area contributed by atoms with E-state index in [0.717, 1.165) is 68.6 Å². The van der Waals surface area contributed by atoms with E-state index >= 15 is 0 Å². The number of aliphatic hydroxyl groups excluding tert-OH is 2. The third-order valence-corrected chi connectivity index (χ3v) is 15.7. The second kappa shape index (κ2) is 23.9. The molecule has 0 aromatic rings. The molecule has 16 nitrogen and oxygen atoms in total. The molecule has 0 unspecified atom stereocenters. The van der Waals surface area contributed by atoms with Gasteiger partial charge < -0.3 is 62.7 Å². The minimum Gasteiger partial charge on any atom is -0.478 e. The average molecular weight is 954 g/mol. The predicted molar refractivity (Wildman–Crippen MR) is 250 cm³/mol. The molecule has 4 spiro atoms. The zero-order chi connectivity index (χ0) is 49.8. The van der Waals surface area contributed by atoms with Gasteiger partial charge in [0.25, 0.3) is 0 Å². The molecule has 0 bridgehead atoms. The van der Waals surface area contributed by atoms with E-state index in [4.69, 9.17) is 52.5 Å². The van der Waals surface area contributed by atoms with Gasteiger partial charge in [-0.05, 0) is 67.2 Å². The van der Waals surface area contributed by atoms with Crippen molar-refractivity contribution in [2.75, 3.05) is 79.3 Å². The SMILES string of the molecule is C=CC(=O)O.CCC1(CO)COC2(CCC3(CC2)OCC(CC)(CO)CO3)OC1.CCC1(COC(=O)C(C)=C(C)C)COC2(CCC3(CC2)OCC(CC)(COC(=O)C(C)=C(C)C)CO3)OC1.[H+]. The summed E-state index contributed by atoms with van der Waals surface area (Å²) in [6, 6.07) is 0. The number of aliphatic hydroxyl groups is 2. The quantitative estimate of drug-likeness (QED) is 0.119. The minimum atomic E-state index is -0.981. The number of rotatable bonds is 13. The molecule has 0 atom stereocenters. The Labute approximate surface area is 400 Å². The molecule has 4 heterocycles. The summed E-state index contributed by atoms with van der Waals surface area (Å²) in [6.07, 6.45) is 9.68. The van der Waals surface area contributed by atoms with Crippen molar-refractivity contribution in [2.45, 2.75) is 169 Å². The smallest absolute Gasteiger partial charge is 0.478 e. The first-order valence-corrected chi connectivity index (χ1v) is 24.4. The number of esters is 2. The van der Waals surface area contributed by atoms with Gasteiger partial charge in [0.05, 0.1) is 76.9 Å². The highest BCUT2D eigenvalue weighted by atomic mass is 16.7. The van der Waals surface area contributed by atoms with E-state index in [9.17, 15) is 24.6 Å². The lowest BCUT2D eigenvalue weighted by molar-refractivity contribution is -0.370. The van der Waals surface area contributed by atoms with Crippen LogP contribution in [-0.4, -0.2) is 136 Å². The largest absolute Gasteiger partial charge is 1.00 e. The lowest BCUT2D eigenvalue weighted by Crippen LogP contribution is -2.58. The second-order valence-corrected chi connectivity index (χ2v) is 20.6. The summed E-state index contributed by atoms with van der Waals surface area (Å²) < 4.78 is 61.0. The lowest BCUT2D eigenvalue weighted by atomic mass is 9.82. The van der Waals surface area contributed by atoms with Crippen LogP contribution in [0.2, 0.25) is 0 Å². The Hall–Kier alpha value is -2.77. The minimum absolute atomic E-state index is 0. The number of ether oxygens (including phenoxy) is 10. The number of carboxylic acids is 1. The van der Waals surface area contributed by atoms with Crippen LogP contribution in [0.4, 0.5) is 0 Å². The highest BCUT2D eigenvalue weighted by Gasteiger charge is 2.55. The Morgan fingerprint density at radius 3 is 0.851 bits per heavy atom. The summed E-state index contributed by atoms with van der Waals surface area (Å²) >= 11 is 0. The fraction of sp³-hybridized carbons (Fsp3) is 0.824. The molecule has 4 saturated heterocycles. The molecular weight excluding hydrogens is 869 g/mol. The topological polar surface area (TPSA) is 204 Å². The molecule has 67 heavy (non-hydrogen) atoms. The van der Waals surface area contributed by atoms with Gasteiger partial charge in [0.15, 0.2) is 23.1 Å². The maximum absolute atomic E-state index is 12.3. The molecule has 2 aliphatic carbocycles. The van der Waals surface area contributed by atoms with Crippen LogP contribution < -0.4 is 0 Å². The number of carboxylic acid groups (broad SMARTS) is 1. The van der Waals surface area contributed by atoms with Crippen molar-refractivity contribution in [1.82, 2.24) is 0 Å². The molecule has 4 aliphatic heterocycles. The van der Waals surface area contributed by atoms with Gasteiger partial charge in [0.2, 0.25) is 0 Å². The zero-order valence-corrected chi connectivity index (χ0v) is 42.4. The molecule has 3 N–H and O–H groups in total. The van der Waals surface area contributed by atoms with Crippen LogP contribution in [0.15, 0.2) is 34.9 Å². The van der Waals surface area contributed by atoms with Crippen LogP contribution in [-0.2, 0) is 61.8 Å². The summed E-state index contributed by atoms with van der Waals surface area (Å²) in [5.41, 5.74) is 1.97. The molecule has 0 aromatic heterocycles. The summed E-state index contributed by atoms with van der Waals surface area (Å²) in [7, 11) is 0. The van der Waals surface area contributed by atoms with Crippen LogP contribution in [0.1, 0.15) is 148 Å². The van der Waals surface area contributed by atoms with Gasteiger partial charge in [-0.3, -0.25) is 0 Å². The van der Waals surface area contributed by atoms with E-state index in [0.29, 0.717) is 89.7 Å². The lowest BCUT2D eigenvalue weighted by Gasteiger charge is -2.53. The molecule has 0 aromatic carbocycles. The third-order valence-electron chi connectivity index (χ3n) is 15.7. The van der Waals surface area contributed by atoms with Gasteiger partial charge in [-0.2, -0.15) is 0 Å². The molecule has 384 valence electrons. The highest BCUT2D eigenvalue weighted by molar-refractivity contribution is 5.89. The van der Waals surface area contributed by atoms with Crippen molar-refractivity contribution < 1.29 is 78.5 Å². The van der Waals surface area contributed by atoms with E-state index in [-0.39, 0.29) is 61.5 Å². The molecular formula is C51H85O16+. The normalized spacial score (nSPS) is 35.9. The van der Waals surface area contributed by atoms with Crippen molar-refractivity contribution >= 4 is 17.9 Å². The predicted octanol–water partition coefficient (Wildman–Crippen LogP) is 7.83. The van der Waals surface area contributed by atoms with Crippen LogP contribution in [0.25, 0.3) is 0 Å². The number of aliphatic carboxylic acids is 1. The second-order valence-electron chi connectivity index (χ2n) is 20.6. The van der Waals surface area contributed by atoms with Crippen LogP contribution >= 0.6 is 0 Å². The molecule has 2 saturated carbocycles. The number of carbonyl (C=O) groups excluding carboxylic acids is 2. The summed E-state index contributed by atoms with van der Waals surface area (Å²) in [5.74, 6) is -3.97. The van der Waals surface area contributed by atoms with E-state index in [1.807, 2.05) is 27.7 Å². The Morgan fingerprint density at radius 1 is 0.478 bits per heavy atom. The Bertz CT molecular complexity index is 1560. The third kappa shape index (κ3) is 14.2. The Kier molecular flexibility index (Phi) is 20.3. The fourth-order valence-corrected chi connectivity index (χ4v) is 8.44. The van der Waals surface area contributed by atoms with Crippen LogP contribution in [0, 0.1) is 21.7 Å². The van der Waals surface area contributed by atoms with Crippen LogP contribution in [0.5, 0.6) is 0 Å². The number of allylic oxidation sites excluding steroid dienone is 2. The molecule has 0 amide bonds. The van der Waals surface area contributed by atoms with Crippen molar-refractivity contribution in [3.05, 3.63) is 34.9 Å². The van der Waals surface area contributed by atoms with Gasteiger partial charge >= 0.3 is 19.3 Å². The highest BCUT2D eigenvalue weighted by Crippen LogP contribution is 2.49. The number of hydrogen-bond acceptors (Lipinski definition) is 15. The van der Waals surface area contributed by atoms with Gasteiger partial charge in [-0.15, -0.1) is 0 Å². The van der Waals surface area contributed by atoms with Crippen molar-refractivity contribution in [2.24, 2.45) is 21.7 Å². The molecule has 0 radical (unpaired) electrons. The van der Waals surface area contributed by atoms with Gasteiger partial charge in [0.1, 0.15) is 13.2 Å². The zero-order valence-electron chi connectivity index (χ0n) is 43.4. The summed E-state index contributed by atoms with van der Waals surface area (Å²) in [6.45, 7) is 27.2.